The summed E-state index contributed by atoms with van der Waals surface area (Å²) >= 11 is 1.37. The number of fused-ring (bicyclic) bond motifs is 1. The minimum atomic E-state index is -0.124. The van der Waals surface area contributed by atoms with Gasteiger partial charge in [-0.2, -0.15) is 9.50 Å². The molecular weight excluding hydrogens is 354 g/mol. The second-order valence-electron chi connectivity index (χ2n) is 7.79. The molecule has 4 rings (SSSR count). The molecule has 0 N–H and O–H groups in total. The molecule has 0 bridgehead atoms. The number of benzene rings is 2. The van der Waals surface area contributed by atoms with E-state index in [1.54, 1.807) is 0 Å². The Kier molecular flexibility index (Phi) is 4.19. The van der Waals surface area contributed by atoms with E-state index >= 15 is 0 Å². The van der Waals surface area contributed by atoms with Crippen molar-refractivity contribution in [2.75, 3.05) is 0 Å². The molecule has 0 unspecified atom stereocenters. The van der Waals surface area contributed by atoms with Crippen molar-refractivity contribution >= 4 is 22.4 Å². The lowest BCUT2D eigenvalue weighted by Crippen LogP contribution is -2.23. The van der Waals surface area contributed by atoms with Gasteiger partial charge in [0, 0.05) is 5.56 Å². The number of aryl methyl sites for hydroxylation is 1. The highest BCUT2D eigenvalue weighted by Gasteiger charge is 2.14. The Morgan fingerprint density at radius 3 is 2.44 bits per heavy atom. The van der Waals surface area contributed by atoms with Crippen LogP contribution < -0.4 is 10.1 Å². The van der Waals surface area contributed by atoms with Gasteiger partial charge in [-0.25, -0.2) is 0 Å². The molecule has 0 aliphatic rings. The van der Waals surface area contributed by atoms with Gasteiger partial charge in [-0.15, -0.1) is 5.10 Å². The number of hydrogen-bond donors (Lipinski definition) is 0. The van der Waals surface area contributed by atoms with Crippen molar-refractivity contribution in [3.63, 3.8) is 0 Å². The minimum absolute atomic E-state index is 0.113. The Labute approximate surface area is 161 Å². The van der Waals surface area contributed by atoms with Crippen LogP contribution in [0.2, 0.25) is 0 Å². The zero-order valence-electron chi connectivity index (χ0n) is 15.9. The van der Waals surface area contributed by atoms with E-state index in [0.717, 1.165) is 16.7 Å². The lowest BCUT2D eigenvalue weighted by molar-refractivity contribution is 0.590. The first-order chi connectivity index (χ1) is 12.8. The number of aromatic nitrogens is 3. The maximum atomic E-state index is 12.7. The first-order valence-corrected chi connectivity index (χ1v) is 9.72. The topological polar surface area (TPSA) is 47.3 Å². The molecule has 0 amide bonds. The van der Waals surface area contributed by atoms with Crippen LogP contribution in [0.4, 0.5) is 0 Å². The Bertz CT molecular complexity index is 1230. The Morgan fingerprint density at radius 2 is 1.81 bits per heavy atom. The van der Waals surface area contributed by atoms with Crippen LogP contribution in [0.5, 0.6) is 0 Å². The maximum absolute atomic E-state index is 12.7. The first-order valence-electron chi connectivity index (χ1n) is 8.90. The molecule has 27 heavy (non-hydrogen) atoms. The van der Waals surface area contributed by atoms with Crippen molar-refractivity contribution in [3.8, 4) is 11.4 Å². The van der Waals surface area contributed by atoms with Gasteiger partial charge in [-0.05, 0) is 35.6 Å². The molecule has 5 heteroatoms. The summed E-state index contributed by atoms with van der Waals surface area (Å²) in [7, 11) is 0. The van der Waals surface area contributed by atoms with Gasteiger partial charge in [0.15, 0.2) is 5.82 Å². The third-order valence-electron chi connectivity index (χ3n) is 4.53. The van der Waals surface area contributed by atoms with E-state index in [-0.39, 0.29) is 11.0 Å². The molecule has 136 valence electrons. The van der Waals surface area contributed by atoms with E-state index in [9.17, 15) is 4.79 Å². The Hall–Kier alpha value is -2.79. The summed E-state index contributed by atoms with van der Waals surface area (Å²) in [6, 6.07) is 16.3. The highest BCUT2D eigenvalue weighted by molar-refractivity contribution is 7.15. The zero-order chi connectivity index (χ0) is 19.2. The summed E-state index contributed by atoms with van der Waals surface area (Å²) in [6.45, 7) is 8.59. The SMILES string of the molecule is Cc1cccc(-c2nc3sc(=Cc4ccc(C(C)(C)C)cc4)c(=O)n3n2)c1. The molecule has 4 nitrogen and oxygen atoms in total. The lowest BCUT2D eigenvalue weighted by atomic mass is 9.87. The second kappa shape index (κ2) is 6.43. The first kappa shape index (κ1) is 17.6. The van der Waals surface area contributed by atoms with E-state index < -0.39 is 0 Å². The molecule has 2 aromatic carbocycles. The highest BCUT2D eigenvalue weighted by atomic mass is 32.1. The highest BCUT2D eigenvalue weighted by Crippen LogP contribution is 2.22. The summed E-state index contributed by atoms with van der Waals surface area (Å²) in [4.78, 5) is 17.9. The van der Waals surface area contributed by atoms with Crippen LogP contribution in [0, 0.1) is 6.92 Å². The Balaban J connectivity index is 1.73. The smallest absolute Gasteiger partial charge is 0.266 e. The molecule has 4 aromatic rings. The van der Waals surface area contributed by atoms with E-state index in [2.05, 4.69) is 43.0 Å². The van der Waals surface area contributed by atoms with Crippen molar-refractivity contribution < 1.29 is 0 Å². The van der Waals surface area contributed by atoms with Crippen molar-refractivity contribution in [2.24, 2.45) is 0 Å². The quantitative estimate of drug-likeness (QED) is 0.533. The fourth-order valence-electron chi connectivity index (χ4n) is 2.97. The summed E-state index contributed by atoms with van der Waals surface area (Å²) in [5, 5.41) is 4.42. The average Bonchev–Trinajstić information content (AvgIpc) is 3.15. The third-order valence-corrected chi connectivity index (χ3v) is 5.49. The molecule has 0 saturated carbocycles. The summed E-state index contributed by atoms with van der Waals surface area (Å²) in [5.74, 6) is 0.586. The molecule has 0 atom stereocenters. The van der Waals surface area contributed by atoms with Crippen molar-refractivity contribution in [2.45, 2.75) is 33.1 Å². The lowest BCUT2D eigenvalue weighted by Gasteiger charge is -2.18. The van der Waals surface area contributed by atoms with Crippen LogP contribution in [0.15, 0.2) is 53.3 Å². The van der Waals surface area contributed by atoms with Crippen LogP contribution in [0.1, 0.15) is 37.5 Å². The van der Waals surface area contributed by atoms with Crippen LogP contribution in [0.3, 0.4) is 0 Å². The van der Waals surface area contributed by atoms with Gasteiger partial charge >= 0.3 is 0 Å². The van der Waals surface area contributed by atoms with Crippen molar-refractivity contribution in [1.29, 1.82) is 0 Å². The van der Waals surface area contributed by atoms with Crippen molar-refractivity contribution in [3.05, 3.63) is 80.1 Å². The van der Waals surface area contributed by atoms with Gasteiger partial charge in [0.25, 0.3) is 5.56 Å². The zero-order valence-corrected chi connectivity index (χ0v) is 16.7. The molecule has 2 aromatic heterocycles. The van der Waals surface area contributed by atoms with E-state index in [1.807, 2.05) is 49.4 Å². The maximum Gasteiger partial charge on any atom is 0.291 e. The van der Waals surface area contributed by atoms with Crippen LogP contribution in [-0.4, -0.2) is 14.6 Å². The molecule has 2 heterocycles. The number of rotatable bonds is 2. The van der Waals surface area contributed by atoms with Gasteiger partial charge in [0.2, 0.25) is 4.96 Å². The van der Waals surface area contributed by atoms with Gasteiger partial charge in [-0.3, -0.25) is 4.79 Å². The monoisotopic (exact) mass is 375 g/mol. The molecule has 0 spiro atoms. The third kappa shape index (κ3) is 3.43. The summed E-state index contributed by atoms with van der Waals surface area (Å²) in [6.07, 6.45) is 1.90. The van der Waals surface area contributed by atoms with E-state index in [0.29, 0.717) is 15.3 Å². The molecule has 0 radical (unpaired) electrons. The second-order valence-corrected chi connectivity index (χ2v) is 8.80. The van der Waals surface area contributed by atoms with Gasteiger partial charge in [0.05, 0.1) is 4.53 Å². The standard InChI is InChI=1S/C22H21N3OS/c1-14-6-5-7-16(12-14)19-23-21-25(24-19)20(26)18(27-21)13-15-8-10-17(11-9-15)22(2,3)4/h5-13H,1-4H3. The fraction of sp³-hybridized carbons (Fsp3) is 0.227. The average molecular weight is 375 g/mol. The van der Waals surface area contributed by atoms with E-state index in [4.69, 9.17) is 0 Å². The van der Waals surface area contributed by atoms with Gasteiger partial charge in [0.1, 0.15) is 0 Å². The Morgan fingerprint density at radius 1 is 1.07 bits per heavy atom. The van der Waals surface area contributed by atoms with E-state index in [1.165, 1.54) is 21.4 Å². The largest absolute Gasteiger partial charge is 0.291 e. The van der Waals surface area contributed by atoms with Crippen LogP contribution in [-0.2, 0) is 5.41 Å². The number of nitrogens with zero attached hydrogens (tertiary/aromatic N) is 3. The predicted octanol–water partition coefficient (Wildman–Crippen LogP) is 3.97. The number of thiazole rings is 1. The van der Waals surface area contributed by atoms with Crippen molar-refractivity contribution in [1.82, 2.24) is 14.6 Å². The molecule has 0 saturated heterocycles. The normalized spacial score (nSPS) is 12.8. The minimum Gasteiger partial charge on any atom is -0.266 e. The molecular formula is C22H21N3OS. The molecule has 0 aliphatic carbocycles. The number of hydrogen-bond acceptors (Lipinski definition) is 4. The van der Waals surface area contributed by atoms with Gasteiger partial charge in [-0.1, -0.05) is 80.1 Å². The fourth-order valence-corrected chi connectivity index (χ4v) is 3.88. The summed E-state index contributed by atoms with van der Waals surface area (Å²) < 4.78 is 2.04. The van der Waals surface area contributed by atoms with Gasteiger partial charge < -0.3 is 0 Å². The predicted molar refractivity (Wildman–Crippen MR) is 111 cm³/mol. The van der Waals surface area contributed by atoms with Crippen LogP contribution in [0.25, 0.3) is 22.4 Å². The van der Waals surface area contributed by atoms with Crippen LogP contribution >= 0.6 is 11.3 Å². The molecule has 0 fully saturated rings. The summed E-state index contributed by atoms with van der Waals surface area (Å²) in [5.41, 5.74) is 4.33. The molecule has 0 aliphatic heterocycles.